The molecule has 1 saturated heterocycles. The van der Waals surface area contributed by atoms with Gasteiger partial charge in [-0.15, -0.1) is 24.0 Å². The van der Waals surface area contributed by atoms with Gasteiger partial charge in [0.15, 0.2) is 5.96 Å². The Balaban J connectivity index is 0.00000256. The maximum Gasteiger partial charge on any atom is 0.242 e. The molecular weight excluding hydrogens is 351 g/mol. The van der Waals surface area contributed by atoms with Crippen molar-refractivity contribution >= 4 is 47.6 Å². The lowest BCUT2D eigenvalue weighted by Crippen LogP contribution is -2.43. The molecule has 7 heteroatoms. The minimum Gasteiger partial charge on any atom is -0.370 e. The lowest BCUT2D eigenvalue weighted by molar-refractivity contribution is -0.120. The van der Waals surface area contributed by atoms with Gasteiger partial charge in [0.25, 0.3) is 0 Å². The molecule has 0 aromatic carbocycles. The van der Waals surface area contributed by atoms with E-state index >= 15 is 0 Å². The van der Waals surface area contributed by atoms with Crippen LogP contribution in [0, 0.1) is 0 Å². The van der Waals surface area contributed by atoms with Gasteiger partial charge >= 0.3 is 0 Å². The smallest absolute Gasteiger partial charge is 0.242 e. The van der Waals surface area contributed by atoms with E-state index in [9.17, 15) is 4.79 Å². The number of halogens is 1. The number of carbonyl (C=O) groups excluding carboxylic acids is 1. The third kappa shape index (κ3) is 6.97. The van der Waals surface area contributed by atoms with Crippen LogP contribution in [-0.4, -0.2) is 53.9 Å². The van der Waals surface area contributed by atoms with E-state index in [4.69, 9.17) is 5.73 Å². The molecule has 17 heavy (non-hydrogen) atoms. The van der Waals surface area contributed by atoms with Crippen LogP contribution in [0.4, 0.5) is 0 Å². The Morgan fingerprint density at radius 2 is 2.06 bits per heavy atom. The zero-order valence-electron chi connectivity index (χ0n) is 10.3. The Hall–Kier alpha value is -0.180. The summed E-state index contributed by atoms with van der Waals surface area (Å²) in [5, 5.41) is 2.78. The molecule has 1 amide bonds. The van der Waals surface area contributed by atoms with E-state index in [-0.39, 0.29) is 42.5 Å². The van der Waals surface area contributed by atoms with Crippen LogP contribution >= 0.6 is 35.7 Å². The molecule has 0 spiro atoms. The summed E-state index contributed by atoms with van der Waals surface area (Å²) in [4.78, 5) is 17.5. The SMILES string of the molecule is CC(C)NC(=O)CN=C(N)N1CCSCC1.I. The van der Waals surface area contributed by atoms with Gasteiger partial charge in [-0.3, -0.25) is 4.79 Å². The van der Waals surface area contributed by atoms with Crippen molar-refractivity contribution < 1.29 is 4.79 Å². The first-order valence-electron chi connectivity index (χ1n) is 5.51. The number of guanidine groups is 1. The maximum atomic E-state index is 11.3. The highest BCUT2D eigenvalue weighted by atomic mass is 127. The molecule has 0 aromatic heterocycles. The molecule has 0 aliphatic carbocycles. The van der Waals surface area contributed by atoms with Gasteiger partial charge in [0.2, 0.25) is 5.91 Å². The highest BCUT2D eigenvalue weighted by molar-refractivity contribution is 14.0. The van der Waals surface area contributed by atoms with Gasteiger partial charge < -0.3 is 16.0 Å². The number of aliphatic imine (C=N–C) groups is 1. The van der Waals surface area contributed by atoms with Crippen LogP contribution in [0.2, 0.25) is 0 Å². The summed E-state index contributed by atoms with van der Waals surface area (Å²) < 4.78 is 0. The number of nitrogens with one attached hydrogen (secondary N) is 1. The Bertz CT molecular complexity index is 267. The fourth-order valence-electron chi connectivity index (χ4n) is 1.41. The second-order valence-corrected chi connectivity index (χ2v) is 5.22. The number of hydrogen-bond acceptors (Lipinski definition) is 3. The lowest BCUT2D eigenvalue weighted by atomic mass is 10.4. The van der Waals surface area contributed by atoms with Crippen molar-refractivity contribution in [1.82, 2.24) is 10.2 Å². The molecule has 1 heterocycles. The Labute approximate surface area is 124 Å². The fourth-order valence-corrected chi connectivity index (χ4v) is 2.32. The average molecular weight is 372 g/mol. The number of rotatable bonds is 3. The van der Waals surface area contributed by atoms with Crippen molar-refractivity contribution in [2.24, 2.45) is 10.7 Å². The van der Waals surface area contributed by atoms with E-state index in [0.717, 1.165) is 24.6 Å². The lowest BCUT2D eigenvalue weighted by Gasteiger charge is -2.27. The van der Waals surface area contributed by atoms with Crippen molar-refractivity contribution in [2.45, 2.75) is 19.9 Å². The highest BCUT2D eigenvalue weighted by Gasteiger charge is 2.12. The van der Waals surface area contributed by atoms with Crippen molar-refractivity contribution in [3.05, 3.63) is 0 Å². The molecule has 1 fully saturated rings. The second-order valence-electron chi connectivity index (χ2n) is 4.00. The van der Waals surface area contributed by atoms with Crippen LogP contribution in [-0.2, 0) is 4.79 Å². The molecule has 0 atom stereocenters. The third-order valence-corrected chi connectivity index (χ3v) is 3.11. The summed E-state index contributed by atoms with van der Waals surface area (Å²) >= 11 is 1.92. The Morgan fingerprint density at radius 1 is 1.47 bits per heavy atom. The van der Waals surface area contributed by atoms with E-state index in [1.54, 1.807) is 0 Å². The normalized spacial score (nSPS) is 16.6. The van der Waals surface area contributed by atoms with Gasteiger partial charge in [0.05, 0.1) is 0 Å². The summed E-state index contributed by atoms with van der Waals surface area (Å²) in [6, 6.07) is 0.148. The van der Waals surface area contributed by atoms with Crippen molar-refractivity contribution in [1.29, 1.82) is 0 Å². The minimum absolute atomic E-state index is 0. The van der Waals surface area contributed by atoms with Crippen LogP contribution in [0.15, 0.2) is 4.99 Å². The van der Waals surface area contributed by atoms with Crippen molar-refractivity contribution in [3.63, 3.8) is 0 Å². The van der Waals surface area contributed by atoms with Crippen LogP contribution < -0.4 is 11.1 Å². The van der Waals surface area contributed by atoms with Gasteiger partial charge in [-0.05, 0) is 13.8 Å². The van der Waals surface area contributed by atoms with Gasteiger partial charge in [0, 0.05) is 30.6 Å². The molecule has 1 aliphatic heterocycles. The fraction of sp³-hybridized carbons (Fsp3) is 0.800. The largest absolute Gasteiger partial charge is 0.370 e. The topological polar surface area (TPSA) is 70.7 Å². The van der Waals surface area contributed by atoms with Crippen molar-refractivity contribution in [3.8, 4) is 0 Å². The van der Waals surface area contributed by atoms with Gasteiger partial charge in [-0.25, -0.2) is 4.99 Å². The molecule has 0 bridgehead atoms. The summed E-state index contributed by atoms with van der Waals surface area (Å²) in [5.41, 5.74) is 5.81. The van der Waals surface area contributed by atoms with E-state index in [2.05, 4.69) is 10.3 Å². The quantitative estimate of drug-likeness (QED) is 0.430. The molecule has 0 unspecified atom stereocenters. The predicted octanol–water partition coefficient (Wildman–Crippen LogP) is 0.493. The molecule has 3 N–H and O–H groups in total. The van der Waals surface area contributed by atoms with Crippen LogP contribution in [0.5, 0.6) is 0 Å². The maximum absolute atomic E-state index is 11.3. The standard InChI is InChI=1S/C10H20N4OS.HI/c1-8(2)13-9(15)7-12-10(11)14-3-5-16-6-4-14;/h8H,3-7H2,1-2H3,(H2,11,12)(H,13,15);1H. The molecule has 1 rings (SSSR count). The molecule has 1 aliphatic rings. The van der Waals surface area contributed by atoms with Gasteiger partial charge in [-0.1, -0.05) is 0 Å². The first kappa shape index (κ1) is 16.8. The van der Waals surface area contributed by atoms with E-state index in [1.807, 2.05) is 30.5 Å². The van der Waals surface area contributed by atoms with Crippen LogP contribution in [0.3, 0.4) is 0 Å². The molecule has 0 radical (unpaired) electrons. The molecule has 0 saturated carbocycles. The van der Waals surface area contributed by atoms with Crippen molar-refractivity contribution in [2.75, 3.05) is 31.1 Å². The number of nitrogens with two attached hydrogens (primary N) is 1. The first-order chi connectivity index (χ1) is 7.59. The molecule has 100 valence electrons. The monoisotopic (exact) mass is 372 g/mol. The van der Waals surface area contributed by atoms with E-state index in [1.165, 1.54) is 0 Å². The number of hydrogen-bond donors (Lipinski definition) is 2. The first-order valence-corrected chi connectivity index (χ1v) is 6.67. The summed E-state index contributed by atoms with van der Waals surface area (Å²) in [6.07, 6.45) is 0. The van der Waals surface area contributed by atoms with Crippen LogP contribution in [0.1, 0.15) is 13.8 Å². The number of amides is 1. The minimum atomic E-state index is -0.0793. The highest BCUT2D eigenvalue weighted by Crippen LogP contribution is 2.08. The average Bonchev–Trinajstić information content (AvgIpc) is 2.26. The summed E-state index contributed by atoms with van der Waals surface area (Å²) in [6.45, 7) is 5.81. The Morgan fingerprint density at radius 3 is 2.59 bits per heavy atom. The van der Waals surface area contributed by atoms with E-state index < -0.39 is 0 Å². The molecular formula is C10H21IN4OS. The summed E-state index contributed by atoms with van der Waals surface area (Å²) in [5.74, 6) is 2.56. The van der Waals surface area contributed by atoms with Gasteiger partial charge in [0.1, 0.15) is 6.54 Å². The molecule has 0 aromatic rings. The molecule has 5 nitrogen and oxygen atoms in total. The summed E-state index contributed by atoms with van der Waals surface area (Å²) in [7, 11) is 0. The third-order valence-electron chi connectivity index (χ3n) is 2.17. The number of nitrogens with zero attached hydrogens (tertiary/aromatic N) is 2. The Kier molecular flexibility index (Phi) is 8.75. The number of carbonyl (C=O) groups is 1. The van der Waals surface area contributed by atoms with Gasteiger partial charge in [-0.2, -0.15) is 11.8 Å². The zero-order valence-corrected chi connectivity index (χ0v) is 13.5. The predicted molar refractivity (Wildman–Crippen MR) is 84.1 cm³/mol. The number of thioether (sulfide) groups is 1. The second kappa shape index (κ2) is 8.84. The van der Waals surface area contributed by atoms with Crippen LogP contribution in [0.25, 0.3) is 0 Å². The van der Waals surface area contributed by atoms with E-state index in [0.29, 0.717) is 5.96 Å². The zero-order chi connectivity index (χ0) is 12.0.